The molecule has 61 heavy (non-hydrogen) atoms. The number of aromatic nitrogens is 4. The quantitative estimate of drug-likeness (QED) is 0.179. The van der Waals surface area contributed by atoms with Crippen LogP contribution in [-0.4, -0.2) is 19.1 Å². The van der Waals surface area contributed by atoms with Crippen LogP contribution in [0.3, 0.4) is 0 Å². The summed E-state index contributed by atoms with van der Waals surface area (Å²) in [5.74, 6) is 0.630. The molecule has 0 spiro atoms. The van der Waals surface area contributed by atoms with E-state index in [2.05, 4.69) is 182 Å². The molecule has 0 N–H and O–H groups in total. The van der Waals surface area contributed by atoms with Crippen LogP contribution in [0, 0.1) is 0 Å². The molecular formula is C56H42N4O. The molecule has 0 bridgehead atoms. The number of fused-ring (bicyclic) bond motifs is 14. The van der Waals surface area contributed by atoms with Gasteiger partial charge in [-0.15, -0.1) is 0 Å². The van der Waals surface area contributed by atoms with E-state index >= 15 is 0 Å². The van der Waals surface area contributed by atoms with E-state index < -0.39 is 0 Å². The maximum atomic E-state index is 6.71. The van der Waals surface area contributed by atoms with Crippen LogP contribution in [0.4, 0.5) is 0 Å². The van der Waals surface area contributed by atoms with Gasteiger partial charge in [0.05, 0.1) is 22.1 Å². The highest BCUT2D eigenvalue weighted by Gasteiger charge is 2.38. The minimum absolute atomic E-state index is 0.00509. The Morgan fingerprint density at radius 1 is 0.475 bits per heavy atom. The zero-order valence-corrected chi connectivity index (χ0v) is 34.6. The summed E-state index contributed by atoms with van der Waals surface area (Å²) in [4.78, 5) is 11.2. The minimum atomic E-state index is -0.00509. The fraction of sp³-hybridized carbons (Fsp3) is 0.143. The van der Waals surface area contributed by atoms with Gasteiger partial charge in [0.15, 0.2) is 5.58 Å². The summed E-state index contributed by atoms with van der Waals surface area (Å²) in [6.45, 7) is 9.68. The summed E-state index contributed by atoms with van der Waals surface area (Å²) in [5, 5.41) is 10.7. The van der Waals surface area contributed by atoms with Crippen LogP contribution in [0.5, 0.6) is 0 Å². The lowest BCUT2D eigenvalue weighted by Crippen LogP contribution is -2.33. The van der Waals surface area contributed by atoms with Gasteiger partial charge in [-0.25, -0.2) is 9.97 Å². The number of benzene rings is 8. The fourth-order valence-electron chi connectivity index (χ4n) is 10.8. The molecule has 0 radical (unpaired) electrons. The first-order valence-corrected chi connectivity index (χ1v) is 21.5. The molecule has 13 rings (SSSR count). The predicted molar refractivity (Wildman–Crippen MR) is 254 cm³/mol. The van der Waals surface area contributed by atoms with Gasteiger partial charge >= 0.3 is 0 Å². The van der Waals surface area contributed by atoms with Crippen LogP contribution >= 0.6 is 0 Å². The van der Waals surface area contributed by atoms with E-state index in [1.54, 1.807) is 0 Å². The van der Waals surface area contributed by atoms with E-state index in [4.69, 9.17) is 14.4 Å². The first-order valence-electron chi connectivity index (χ1n) is 21.5. The Morgan fingerprint density at radius 2 is 1.07 bits per heavy atom. The third kappa shape index (κ3) is 4.77. The average Bonchev–Trinajstić information content (AvgIpc) is 3.95. The summed E-state index contributed by atoms with van der Waals surface area (Å²) < 4.78 is 11.5. The Bertz CT molecular complexity index is 3820. The van der Waals surface area contributed by atoms with Crippen LogP contribution in [-0.2, 0) is 10.8 Å². The molecule has 4 heterocycles. The number of rotatable bonds is 3. The molecule has 1 aliphatic rings. The van der Waals surface area contributed by atoms with E-state index in [0.29, 0.717) is 11.5 Å². The van der Waals surface area contributed by atoms with Crippen LogP contribution in [0.1, 0.15) is 51.7 Å². The van der Waals surface area contributed by atoms with E-state index in [0.717, 1.165) is 68.1 Å². The molecular weight excluding hydrogens is 745 g/mol. The van der Waals surface area contributed by atoms with E-state index in [1.165, 1.54) is 54.5 Å². The van der Waals surface area contributed by atoms with E-state index in [-0.39, 0.29) is 10.8 Å². The largest absolute Gasteiger partial charge is 0.452 e. The lowest BCUT2D eigenvalue weighted by atomic mass is 9.63. The fourth-order valence-corrected chi connectivity index (χ4v) is 10.8. The van der Waals surface area contributed by atoms with Crippen molar-refractivity contribution in [2.24, 2.45) is 0 Å². The Labute approximate surface area is 352 Å². The highest BCUT2D eigenvalue weighted by Crippen LogP contribution is 2.51. The van der Waals surface area contributed by atoms with Crippen molar-refractivity contribution < 1.29 is 4.42 Å². The summed E-state index contributed by atoms with van der Waals surface area (Å²) in [7, 11) is 0. The van der Waals surface area contributed by atoms with Crippen LogP contribution in [0.25, 0.3) is 110 Å². The number of nitrogens with zero attached hydrogens (tertiary/aromatic N) is 4. The zero-order chi connectivity index (χ0) is 40.8. The second kappa shape index (κ2) is 12.2. The van der Waals surface area contributed by atoms with Crippen LogP contribution in [0.2, 0.25) is 0 Å². The van der Waals surface area contributed by atoms with Crippen LogP contribution in [0.15, 0.2) is 162 Å². The monoisotopic (exact) mass is 786 g/mol. The van der Waals surface area contributed by atoms with Crippen molar-refractivity contribution in [3.05, 3.63) is 169 Å². The molecule has 8 aromatic carbocycles. The van der Waals surface area contributed by atoms with Gasteiger partial charge < -0.3 is 8.98 Å². The van der Waals surface area contributed by atoms with Crippen molar-refractivity contribution >= 4 is 87.2 Å². The summed E-state index contributed by atoms with van der Waals surface area (Å²) in [6, 6.07) is 57.1. The second-order valence-electron chi connectivity index (χ2n) is 18.4. The average molecular weight is 787 g/mol. The normalized spacial score (nSPS) is 15.0. The molecule has 12 aromatic rings. The van der Waals surface area contributed by atoms with Gasteiger partial charge in [0.25, 0.3) is 0 Å². The lowest BCUT2D eigenvalue weighted by molar-refractivity contribution is 0.332. The lowest BCUT2D eigenvalue weighted by Gasteiger charge is -2.42. The SMILES string of the molecule is CC1(C)CCC(C)(C)c2cc3c(cc21)c1c2c4c5ccccc5ccc4n(-c4ccccc4)c2ccc1n3-c1nc(-c2cccc3ccccc23)c2oc3ccccc3c2n1. The van der Waals surface area contributed by atoms with Crippen LogP contribution < -0.4 is 0 Å². The topological polar surface area (TPSA) is 48.8 Å². The molecule has 4 aromatic heterocycles. The van der Waals surface area contributed by atoms with Crippen molar-refractivity contribution in [1.82, 2.24) is 19.1 Å². The summed E-state index contributed by atoms with van der Waals surface area (Å²) in [6.07, 6.45) is 2.25. The third-order valence-electron chi connectivity index (χ3n) is 14.0. The first-order chi connectivity index (χ1) is 29.7. The first kappa shape index (κ1) is 34.6. The molecule has 0 fully saturated rings. The minimum Gasteiger partial charge on any atom is -0.452 e. The number of hydrogen-bond acceptors (Lipinski definition) is 3. The zero-order valence-electron chi connectivity index (χ0n) is 34.6. The second-order valence-corrected chi connectivity index (χ2v) is 18.4. The molecule has 5 nitrogen and oxygen atoms in total. The molecule has 0 amide bonds. The number of para-hydroxylation sites is 2. The highest BCUT2D eigenvalue weighted by molar-refractivity contribution is 6.33. The molecule has 0 unspecified atom stereocenters. The number of hydrogen-bond donors (Lipinski definition) is 0. The van der Waals surface area contributed by atoms with Gasteiger partial charge in [0.2, 0.25) is 5.95 Å². The summed E-state index contributed by atoms with van der Waals surface area (Å²) >= 11 is 0. The molecule has 5 heteroatoms. The van der Waals surface area contributed by atoms with Gasteiger partial charge in [-0.3, -0.25) is 4.57 Å². The molecule has 292 valence electrons. The van der Waals surface area contributed by atoms with Crippen molar-refractivity contribution in [3.63, 3.8) is 0 Å². The number of furan rings is 1. The Morgan fingerprint density at radius 3 is 1.85 bits per heavy atom. The van der Waals surface area contributed by atoms with E-state index in [9.17, 15) is 0 Å². The smallest absolute Gasteiger partial charge is 0.236 e. The predicted octanol–water partition coefficient (Wildman–Crippen LogP) is 14.9. The van der Waals surface area contributed by atoms with Crippen molar-refractivity contribution in [2.45, 2.75) is 51.4 Å². The Hall–Kier alpha value is -7.24. The van der Waals surface area contributed by atoms with Crippen molar-refractivity contribution in [2.75, 3.05) is 0 Å². The molecule has 1 aliphatic carbocycles. The van der Waals surface area contributed by atoms with Gasteiger partial charge in [-0.1, -0.05) is 131 Å². The molecule has 0 atom stereocenters. The van der Waals surface area contributed by atoms with Crippen molar-refractivity contribution in [3.8, 4) is 22.9 Å². The van der Waals surface area contributed by atoms with E-state index in [1.807, 2.05) is 12.1 Å². The molecule has 0 saturated carbocycles. The maximum Gasteiger partial charge on any atom is 0.236 e. The van der Waals surface area contributed by atoms with Gasteiger partial charge in [0.1, 0.15) is 16.8 Å². The third-order valence-corrected chi connectivity index (χ3v) is 14.0. The van der Waals surface area contributed by atoms with Gasteiger partial charge in [-0.2, -0.15) is 0 Å². The highest BCUT2D eigenvalue weighted by atomic mass is 16.3. The standard InChI is InChI=1S/C56H42N4O/c1-55(2)29-30-56(3,4)42-32-46-40(31-41(42)55)49-44(27-28-45-50(49)48-37-21-11-9-16-34(37)25-26-43(48)59(45)35-18-6-5-7-19-35)60(46)54-57-51(38-23-14-17-33-15-8-10-20-36(33)38)53-52(58-54)39-22-12-13-24-47(39)61-53/h5-28,31-32H,29-30H2,1-4H3. The Kier molecular flexibility index (Phi) is 6.91. The van der Waals surface area contributed by atoms with Gasteiger partial charge in [-0.05, 0) is 111 Å². The Balaban J connectivity index is 1.26. The summed E-state index contributed by atoms with van der Waals surface area (Å²) in [5.41, 5.74) is 12.6. The van der Waals surface area contributed by atoms with Gasteiger partial charge in [0, 0.05) is 38.2 Å². The molecule has 0 aliphatic heterocycles. The maximum absolute atomic E-state index is 6.71. The van der Waals surface area contributed by atoms with Crippen molar-refractivity contribution in [1.29, 1.82) is 0 Å². The molecule has 0 saturated heterocycles.